The zero-order valence-electron chi connectivity index (χ0n) is 32.4. The van der Waals surface area contributed by atoms with Gasteiger partial charge in [-0.25, -0.2) is 0 Å². The topological polar surface area (TPSA) is 4.93 Å². The Bertz CT molecular complexity index is 3210. The Hall–Kier alpha value is -7.40. The summed E-state index contributed by atoms with van der Waals surface area (Å²) in [7, 11) is 0. The Balaban J connectivity index is 0.978. The van der Waals surface area contributed by atoms with Crippen LogP contribution in [0.4, 0.5) is 0 Å². The second kappa shape index (κ2) is 12.3. The highest BCUT2D eigenvalue weighted by atomic mass is 15.0. The monoisotopic (exact) mass is 747 g/mol. The lowest BCUT2D eigenvalue weighted by molar-refractivity contribution is 0.696. The van der Waals surface area contributed by atoms with Crippen LogP contribution in [0.3, 0.4) is 0 Å². The lowest BCUT2D eigenvalue weighted by Gasteiger charge is -2.35. The van der Waals surface area contributed by atoms with E-state index in [9.17, 15) is 0 Å². The molecule has 3 aliphatic carbocycles. The molecular weight excluding hydrogens is 711 g/mol. The summed E-state index contributed by atoms with van der Waals surface area (Å²) in [5, 5.41) is 2.43. The van der Waals surface area contributed by atoms with Gasteiger partial charge < -0.3 is 4.57 Å². The van der Waals surface area contributed by atoms with Crippen molar-refractivity contribution < 1.29 is 0 Å². The van der Waals surface area contributed by atoms with Gasteiger partial charge in [0.1, 0.15) is 5.52 Å². The Kier molecular flexibility index (Phi) is 6.81. The fourth-order valence-electron chi connectivity index (χ4n) is 11.4. The van der Waals surface area contributed by atoms with E-state index in [4.69, 9.17) is 0 Å². The molecule has 1 heteroatoms. The Labute approximate surface area is 344 Å². The van der Waals surface area contributed by atoms with E-state index in [1.807, 2.05) is 6.07 Å². The lowest BCUT2D eigenvalue weighted by Crippen LogP contribution is -2.28. The van der Waals surface area contributed by atoms with E-state index in [0.717, 1.165) is 24.0 Å². The van der Waals surface area contributed by atoms with Gasteiger partial charge in [-0.1, -0.05) is 170 Å². The average molecular weight is 748 g/mol. The molecule has 1 spiro atoms. The van der Waals surface area contributed by atoms with Crippen LogP contribution < -0.4 is 0 Å². The van der Waals surface area contributed by atoms with Crippen LogP contribution in [0.2, 0.25) is 0 Å². The highest BCUT2D eigenvalue weighted by Crippen LogP contribution is 2.65. The molecule has 1 heterocycles. The van der Waals surface area contributed by atoms with E-state index < -0.39 is 5.41 Å². The predicted molar refractivity (Wildman–Crippen MR) is 242 cm³/mol. The second-order valence-electron chi connectivity index (χ2n) is 16.5. The summed E-state index contributed by atoms with van der Waals surface area (Å²) in [6.45, 7) is 0. The number of nitrogens with zero attached hydrogens (tertiary/aromatic N) is 1. The molecule has 0 aliphatic heterocycles. The average Bonchev–Trinajstić information content (AvgIpc) is 3.87. The maximum absolute atomic E-state index is 3.39. The lowest BCUT2D eigenvalue weighted by atomic mass is 9.66. The van der Waals surface area contributed by atoms with Gasteiger partial charge in [0.25, 0.3) is 0 Å². The number of hydrogen-bond acceptors (Lipinski definition) is 0. The van der Waals surface area contributed by atoms with E-state index in [1.165, 1.54) is 99.7 Å². The van der Waals surface area contributed by atoms with E-state index in [0.29, 0.717) is 0 Å². The van der Waals surface area contributed by atoms with Gasteiger partial charge in [0.2, 0.25) is 0 Å². The van der Waals surface area contributed by atoms with Gasteiger partial charge in [0.05, 0.1) is 10.9 Å². The van der Waals surface area contributed by atoms with Crippen molar-refractivity contribution in [1.29, 1.82) is 0 Å². The molecular formula is C58H37N. The van der Waals surface area contributed by atoms with E-state index in [1.54, 1.807) is 0 Å². The maximum Gasteiger partial charge on any atom is 0.105 e. The highest BCUT2D eigenvalue weighted by molar-refractivity contribution is 6.08. The molecule has 0 bridgehead atoms. The number of hydrogen-bond donors (Lipinski definition) is 0. The number of aromatic nitrogens is 1. The number of rotatable bonds is 3. The first-order valence-corrected chi connectivity index (χ1v) is 20.9. The molecule has 9 aromatic carbocycles. The molecule has 1 atom stereocenters. The molecule has 1 nitrogen and oxygen atoms in total. The molecule has 0 radical (unpaired) electrons. The minimum Gasteiger partial charge on any atom is -0.302 e. The van der Waals surface area contributed by atoms with Gasteiger partial charge in [0, 0.05) is 22.4 Å². The summed E-state index contributed by atoms with van der Waals surface area (Å²) in [5.74, 6) is 0.207. The Morgan fingerprint density at radius 2 is 1.05 bits per heavy atom. The van der Waals surface area contributed by atoms with Crippen molar-refractivity contribution in [3.8, 4) is 50.2 Å². The van der Waals surface area contributed by atoms with Crippen molar-refractivity contribution in [3.05, 3.63) is 245 Å². The van der Waals surface area contributed by atoms with Gasteiger partial charge in [-0.15, -0.1) is 0 Å². The molecule has 274 valence electrons. The van der Waals surface area contributed by atoms with Crippen LogP contribution in [0.15, 0.2) is 194 Å². The third-order valence-electron chi connectivity index (χ3n) is 13.8. The fraction of sp³-hybridized carbons (Fsp3) is 0.0690. The minimum absolute atomic E-state index is 0.207. The highest BCUT2D eigenvalue weighted by Gasteiger charge is 2.53. The van der Waals surface area contributed by atoms with Crippen molar-refractivity contribution in [3.63, 3.8) is 0 Å². The normalized spacial score (nSPS) is 15.2. The van der Waals surface area contributed by atoms with Gasteiger partial charge in [-0.2, -0.15) is 0 Å². The number of para-hydroxylation sites is 1. The molecule has 0 fully saturated rings. The third-order valence-corrected chi connectivity index (χ3v) is 13.8. The second-order valence-corrected chi connectivity index (χ2v) is 16.5. The molecule has 1 aromatic heterocycles. The SMILES string of the molecule is c1ccc2c3ccccc3n(-c3ccc(-c4ccc(C5CCc6ccccc6-c6ccc7c(c65)C5(c6ccccc6-c6ccccc65)c5ccccc5-7)cc4)cc3)c2c#1. The molecule has 0 amide bonds. The van der Waals surface area contributed by atoms with Crippen LogP contribution in [0.25, 0.3) is 72.0 Å². The first kappa shape index (κ1) is 32.7. The van der Waals surface area contributed by atoms with Crippen LogP contribution in [0.5, 0.6) is 0 Å². The van der Waals surface area contributed by atoms with E-state index in [-0.39, 0.29) is 5.92 Å². The maximum atomic E-state index is 3.39. The third kappa shape index (κ3) is 4.41. The van der Waals surface area contributed by atoms with E-state index in [2.05, 4.69) is 205 Å². The Morgan fingerprint density at radius 3 is 1.76 bits per heavy atom. The largest absolute Gasteiger partial charge is 0.302 e. The summed E-state index contributed by atoms with van der Waals surface area (Å²) in [6.07, 6.45) is 2.07. The van der Waals surface area contributed by atoms with Crippen LogP contribution in [-0.2, 0) is 11.8 Å². The van der Waals surface area contributed by atoms with E-state index >= 15 is 0 Å². The molecule has 0 saturated carbocycles. The van der Waals surface area contributed by atoms with Gasteiger partial charge in [-0.05, 0) is 133 Å². The first-order valence-electron chi connectivity index (χ1n) is 20.9. The predicted octanol–water partition coefficient (Wildman–Crippen LogP) is 14.1. The quantitative estimate of drug-likeness (QED) is 0.170. The molecule has 59 heavy (non-hydrogen) atoms. The van der Waals surface area contributed by atoms with Crippen molar-refractivity contribution in [2.24, 2.45) is 0 Å². The first-order chi connectivity index (χ1) is 29.3. The smallest absolute Gasteiger partial charge is 0.105 e. The van der Waals surface area contributed by atoms with Crippen molar-refractivity contribution >= 4 is 21.8 Å². The van der Waals surface area contributed by atoms with Crippen molar-refractivity contribution in [1.82, 2.24) is 4.57 Å². The number of benzene rings is 8. The summed E-state index contributed by atoms with van der Waals surface area (Å²) in [5.41, 5.74) is 23.5. The van der Waals surface area contributed by atoms with Crippen LogP contribution >= 0.6 is 0 Å². The zero-order chi connectivity index (χ0) is 38.7. The van der Waals surface area contributed by atoms with Gasteiger partial charge >= 0.3 is 0 Å². The zero-order valence-corrected chi connectivity index (χ0v) is 32.4. The Morgan fingerprint density at radius 1 is 0.475 bits per heavy atom. The molecule has 1 unspecified atom stereocenters. The number of fused-ring (bicyclic) bond motifs is 17. The van der Waals surface area contributed by atoms with Crippen LogP contribution in [0, 0.1) is 12.1 Å². The minimum atomic E-state index is -0.407. The van der Waals surface area contributed by atoms with Crippen molar-refractivity contribution in [2.75, 3.05) is 0 Å². The molecule has 0 N–H and O–H groups in total. The number of aryl methyl sites for hydroxylation is 1. The van der Waals surface area contributed by atoms with Gasteiger partial charge in [-0.3, -0.25) is 0 Å². The molecule has 3 aliphatic rings. The summed E-state index contributed by atoms with van der Waals surface area (Å²) < 4.78 is 2.31. The fourth-order valence-corrected chi connectivity index (χ4v) is 11.4. The standard InChI is InChI=1S/C58H37N/c1-2-14-42-39(13-1)31-34-43(40-27-25-37(26-28-40)38-29-32-41(33-30-38)59-54-23-11-6-18-47(54)48-19-7-12-24-55(48)59)56-49(42)35-36-50-46-17-5-10-22-53(46)58(57(50)56)51-20-8-3-15-44(51)45-16-4-9-21-52(45)58/h1-11,13-23,25-30,32-33,35-36,43H,31,34H2. The molecule has 0 saturated heterocycles. The van der Waals surface area contributed by atoms with Crippen LogP contribution in [-0.4, -0.2) is 4.57 Å². The molecule has 13 rings (SSSR count). The van der Waals surface area contributed by atoms with Crippen LogP contribution in [0.1, 0.15) is 51.3 Å². The van der Waals surface area contributed by atoms with Crippen molar-refractivity contribution in [2.45, 2.75) is 24.2 Å². The summed E-state index contributed by atoms with van der Waals surface area (Å²) in [6, 6.07) is 79.4. The van der Waals surface area contributed by atoms with Gasteiger partial charge in [0.15, 0.2) is 0 Å². The summed E-state index contributed by atoms with van der Waals surface area (Å²) in [4.78, 5) is 0. The summed E-state index contributed by atoms with van der Waals surface area (Å²) >= 11 is 0. The molecule has 10 aromatic rings.